The van der Waals surface area contributed by atoms with Gasteiger partial charge in [-0.25, -0.2) is 5.43 Å². The van der Waals surface area contributed by atoms with E-state index in [1.807, 2.05) is 60.7 Å². The summed E-state index contributed by atoms with van der Waals surface area (Å²) in [6.45, 7) is 0.681. The molecule has 3 aromatic carbocycles. The minimum Gasteiger partial charge on any atom is -0.497 e. The maximum absolute atomic E-state index is 12.5. The fraction of sp³-hybridized carbons (Fsp3) is 0.130. The van der Waals surface area contributed by atoms with Crippen molar-refractivity contribution in [2.24, 2.45) is 5.10 Å². The largest absolute Gasteiger partial charge is 0.497 e. The lowest BCUT2D eigenvalue weighted by Crippen LogP contribution is -2.19. The van der Waals surface area contributed by atoms with Crippen molar-refractivity contribution in [2.45, 2.75) is 0 Å². The first-order valence-corrected chi connectivity index (χ1v) is 9.13. The average molecular weight is 390 g/mol. The Kier molecular flexibility index (Phi) is 7.23. The lowest BCUT2D eigenvalue weighted by atomic mass is 10.2. The summed E-state index contributed by atoms with van der Waals surface area (Å²) in [4.78, 5) is 12.5. The quantitative estimate of drug-likeness (QED) is 0.342. The topological polar surface area (TPSA) is 69.2 Å². The number of hydrazone groups is 1. The Morgan fingerprint density at radius 2 is 1.62 bits per heavy atom. The molecule has 0 aliphatic rings. The third-order valence-corrected chi connectivity index (χ3v) is 3.96. The number of carbonyl (C=O) groups is 1. The molecule has 0 spiro atoms. The van der Waals surface area contributed by atoms with Crippen molar-refractivity contribution >= 4 is 12.1 Å². The first kappa shape index (κ1) is 19.9. The van der Waals surface area contributed by atoms with E-state index in [4.69, 9.17) is 14.2 Å². The molecule has 0 atom stereocenters. The Morgan fingerprint density at radius 1 is 0.897 bits per heavy atom. The number of ether oxygens (including phenoxy) is 3. The Hall–Kier alpha value is -3.80. The molecule has 0 radical (unpaired) electrons. The minimum absolute atomic E-state index is 0.312. The molecule has 1 amide bonds. The van der Waals surface area contributed by atoms with E-state index in [0.717, 1.165) is 17.1 Å². The van der Waals surface area contributed by atoms with Gasteiger partial charge in [-0.05, 0) is 42.0 Å². The normalized spacial score (nSPS) is 10.5. The predicted molar refractivity (Wildman–Crippen MR) is 112 cm³/mol. The van der Waals surface area contributed by atoms with E-state index in [1.165, 1.54) is 0 Å². The Morgan fingerprint density at radius 3 is 2.45 bits per heavy atom. The van der Waals surface area contributed by atoms with Crippen molar-refractivity contribution in [1.82, 2.24) is 5.43 Å². The van der Waals surface area contributed by atoms with Gasteiger partial charge in [0, 0.05) is 0 Å². The number of para-hydroxylation sites is 2. The second kappa shape index (κ2) is 10.5. The molecule has 3 aromatic rings. The zero-order chi connectivity index (χ0) is 20.3. The lowest BCUT2D eigenvalue weighted by molar-refractivity contribution is 0.0950. The number of carbonyl (C=O) groups excluding carboxylic acids is 1. The molecule has 6 nitrogen and oxygen atoms in total. The highest BCUT2D eigenvalue weighted by Gasteiger charge is 2.11. The van der Waals surface area contributed by atoms with Gasteiger partial charge < -0.3 is 14.2 Å². The van der Waals surface area contributed by atoms with Crippen LogP contribution in [0.15, 0.2) is 84.0 Å². The molecule has 0 aliphatic heterocycles. The lowest BCUT2D eigenvalue weighted by Gasteiger charge is -2.11. The summed E-state index contributed by atoms with van der Waals surface area (Å²) < 4.78 is 16.5. The first-order valence-electron chi connectivity index (χ1n) is 9.13. The van der Waals surface area contributed by atoms with Crippen molar-refractivity contribution in [3.05, 3.63) is 90.0 Å². The van der Waals surface area contributed by atoms with Gasteiger partial charge in [0.25, 0.3) is 5.91 Å². The van der Waals surface area contributed by atoms with Crippen LogP contribution in [0.1, 0.15) is 15.9 Å². The molecule has 0 bridgehead atoms. The second-order valence-electron chi connectivity index (χ2n) is 5.98. The van der Waals surface area contributed by atoms with Crippen molar-refractivity contribution in [2.75, 3.05) is 20.3 Å². The third kappa shape index (κ3) is 6.10. The van der Waals surface area contributed by atoms with Crippen molar-refractivity contribution < 1.29 is 19.0 Å². The highest BCUT2D eigenvalue weighted by molar-refractivity contribution is 5.97. The van der Waals surface area contributed by atoms with Gasteiger partial charge in [-0.2, -0.15) is 5.10 Å². The van der Waals surface area contributed by atoms with Gasteiger partial charge in [-0.15, -0.1) is 0 Å². The van der Waals surface area contributed by atoms with E-state index in [0.29, 0.717) is 24.5 Å². The molecule has 1 N–H and O–H groups in total. The second-order valence-corrected chi connectivity index (χ2v) is 5.98. The van der Waals surface area contributed by atoms with Crippen molar-refractivity contribution in [3.63, 3.8) is 0 Å². The van der Waals surface area contributed by atoms with Gasteiger partial charge in [0.1, 0.15) is 30.5 Å². The van der Waals surface area contributed by atoms with Crippen LogP contribution in [0.2, 0.25) is 0 Å². The zero-order valence-corrected chi connectivity index (χ0v) is 16.1. The molecule has 0 saturated heterocycles. The Balaban J connectivity index is 1.54. The van der Waals surface area contributed by atoms with Crippen molar-refractivity contribution in [1.29, 1.82) is 0 Å². The third-order valence-electron chi connectivity index (χ3n) is 3.96. The van der Waals surface area contributed by atoms with Crippen LogP contribution in [0.25, 0.3) is 0 Å². The van der Waals surface area contributed by atoms with E-state index in [1.54, 1.807) is 31.5 Å². The standard InChI is InChI=1S/C23H22N2O4/c1-27-20-11-7-8-18(16-20)17-24-25-23(26)21-12-5-6-13-22(21)29-15-14-28-19-9-3-2-4-10-19/h2-13,16-17H,14-15H2,1H3,(H,25,26)/b24-17-. The molecule has 6 heteroatoms. The van der Waals surface area contributed by atoms with Gasteiger partial charge >= 0.3 is 0 Å². The maximum atomic E-state index is 12.5. The van der Waals surface area contributed by atoms with Crippen LogP contribution >= 0.6 is 0 Å². The van der Waals surface area contributed by atoms with E-state index in [2.05, 4.69) is 10.5 Å². The number of benzene rings is 3. The van der Waals surface area contributed by atoms with E-state index < -0.39 is 0 Å². The summed E-state index contributed by atoms with van der Waals surface area (Å²) >= 11 is 0. The molecule has 0 heterocycles. The molecular weight excluding hydrogens is 368 g/mol. The number of nitrogens with one attached hydrogen (secondary N) is 1. The van der Waals surface area contributed by atoms with Crippen LogP contribution in [0.3, 0.4) is 0 Å². The average Bonchev–Trinajstić information content (AvgIpc) is 2.78. The molecule has 0 aromatic heterocycles. The van der Waals surface area contributed by atoms with Crippen LogP contribution in [-0.2, 0) is 0 Å². The molecule has 148 valence electrons. The van der Waals surface area contributed by atoms with E-state index in [9.17, 15) is 4.79 Å². The van der Waals surface area contributed by atoms with Gasteiger partial charge in [0.2, 0.25) is 0 Å². The summed E-state index contributed by atoms with van der Waals surface area (Å²) in [6.07, 6.45) is 1.55. The predicted octanol–water partition coefficient (Wildman–Crippen LogP) is 3.92. The zero-order valence-electron chi connectivity index (χ0n) is 16.1. The number of nitrogens with zero attached hydrogens (tertiary/aromatic N) is 1. The summed E-state index contributed by atoms with van der Waals surface area (Å²) in [6, 6.07) is 23.9. The summed E-state index contributed by atoms with van der Waals surface area (Å²) in [5.41, 5.74) is 3.73. The van der Waals surface area contributed by atoms with Crippen molar-refractivity contribution in [3.8, 4) is 17.2 Å². The summed E-state index contributed by atoms with van der Waals surface area (Å²) in [5, 5.41) is 4.01. The Labute approximate surface area is 169 Å². The SMILES string of the molecule is COc1cccc(/C=N\NC(=O)c2ccccc2OCCOc2ccccc2)c1. The summed E-state index contributed by atoms with van der Waals surface area (Å²) in [5.74, 6) is 1.60. The van der Waals surface area contributed by atoms with Crippen LogP contribution in [0, 0.1) is 0 Å². The van der Waals surface area contributed by atoms with Crippen LogP contribution in [0.4, 0.5) is 0 Å². The van der Waals surface area contributed by atoms with Crippen LogP contribution in [0.5, 0.6) is 17.2 Å². The number of hydrogen-bond donors (Lipinski definition) is 1. The molecule has 29 heavy (non-hydrogen) atoms. The number of hydrogen-bond acceptors (Lipinski definition) is 5. The smallest absolute Gasteiger partial charge is 0.275 e. The highest BCUT2D eigenvalue weighted by atomic mass is 16.5. The molecule has 0 unspecified atom stereocenters. The fourth-order valence-corrected chi connectivity index (χ4v) is 2.56. The molecule has 3 rings (SSSR count). The number of rotatable bonds is 9. The van der Waals surface area contributed by atoms with Crippen LogP contribution < -0.4 is 19.6 Å². The van der Waals surface area contributed by atoms with Gasteiger partial charge in [0.15, 0.2) is 0 Å². The number of amides is 1. The fourth-order valence-electron chi connectivity index (χ4n) is 2.56. The maximum Gasteiger partial charge on any atom is 0.275 e. The van der Waals surface area contributed by atoms with Gasteiger partial charge in [-0.3, -0.25) is 4.79 Å². The first-order chi connectivity index (χ1) is 14.3. The van der Waals surface area contributed by atoms with Gasteiger partial charge in [0.05, 0.1) is 18.9 Å². The van der Waals surface area contributed by atoms with E-state index in [-0.39, 0.29) is 5.91 Å². The highest BCUT2D eigenvalue weighted by Crippen LogP contribution is 2.18. The minimum atomic E-state index is -0.358. The molecular formula is C23H22N2O4. The Bertz CT molecular complexity index is 958. The summed E-state index contributed by atoms with van der Waals surface area (Å²) in [7, 11) is 1.60. The van der Waals surface area contributed by atoms with Gasteiger partial charge in [-0.1, -0.05) is 42.5 Å². The molecule has 0 saturated carbocycles. The molecule has 0 aliphatic carbocycles. The van der Waals surface area contributed by atoms with Crippen LogP contribution in [-0.4, -0.2) is 32.4 Å². The monoisotopic (exact) mass is 390 g/mol. The van der Waals surface area contributed by atoms with E-state index >= 15 is 0 Å². The molecule has 0 fully saturated rings. The number of methoxy groups -OCH3 is 1.